The molecule has 118 valence electrons. The highest BCUT2D eigenvalue weighted by Crippen LogP contribution is 2.23. The Kier molecular flexibility index (Phi) is 5.56. The van der Waals surface area contributed by atoms with Crippen molar-refractivity contribution in [2.45, 2.75) is 31.7 Å². The molecule has 0 aromatic heterocycles. The monoisotopic (exact) mass is 315 g/mol. The number of carbonyl (C=O) groups is 1. The number of phenolic OH excluding ortho intramolecular Hbond substituents is 1. The van der Waals surface area contributed by atoms with Gasteiger partial charge in [0, 0.05) is 13.1 Å². The second-order valence-corrected chi connectivity index (χ2v) is 6.29. The van der Waals surface area contributed by atoms with Crippen LogP contribution in [0.5, 0.6) is 5.75 Å². The molecule has 7 nitrogen and oxygen atoms in total. The molecule has 0 aliphatic carbocycles. The zero-order valence-electron chi connectivity index (χ0n) is 12.3. The van der Waals surface area contributed by atoms with Crippen molar-refractivity contribution < 1.29 is 18.3 Å². The Balaban J connectivity index is 2.94. The van der Waals surface area contributed by atoms with Gasteiger partial charge in [0.05, 0.1) is 16.6 Å². The van der Waals surface area contributed by atoms with Crippen molar-refractivity contribution in [1.82, 2.24) is 9.62 Å². The molecule has 0 saturated heterocycles. The predicted octanol–water partition coefficient (Wildman–Crippen LogP) is 0.510. The first-order valence-corrected chi connectivity index (χ1v) is 8.10. The highest BCUT2D eigenvalue weighted by molar-refractivity contribution is 7.89. The number of nitrogen functional groups attached to an aromatic ring is 1. The number of aromatic hydroxyl groups is 1. The van der Waals surface area contributed by atoms with E-state index < -0.39 is 16.1 Å². The fourth-order valence-electron chi connectivity index (χ4n) is 1.86. The minimum absolute atomic E-state index is 0.0411. The number of benzene rings is 1. The van der Waals surface area contributed by atoms with Crippen LogP contribution in [0.15, 0.2) is 23.1 Å². The van der Waals surface area contributed by atoms with Crippen molar-refractivity contribution in [3.05, 3.63) is 18.2 Å². The van der Waals surface area contributed by atoms with E-state index in [0.717, 1.165) is 6.07 Å². The van der Waals surface area contributed by atoms with E-state index in [2.05, 4.69) is 4.72 Å². The molecule has 1 atom stereocenters. The van der Waals surface area contributed by atoms with Gasteiger partial charge in [-0.25, -0.2) is 8.42 Å². The summed E-state index contributed by atoms with van der Waals surface area (Å²) >= 11 is 0. The van der Waals surface area contributed by atoms with Gasteiger partial charge in [-0.2, -0.15) is 4.72 Å². The minimum atomic E-state index is -3.88. The second-order valence-electron chi connectivity index (χ2n) is 4.57. The molecule has 1 unspecified atom stereocenters. The SMILES string of the molecule is CCN(CC)C(=O)C(C)NS(=O)(=O)c1ccc(O)c(N)c1. The number of rotatable bonds is 6. The van der Waals surface area contributed by atoms with E-state index in [-0.39, 0.29) is 22.2 Å². The van der Waals surface area contributed by atoms with E-state index in [1.165, 1.54) is 19.1 Å². The lowest BCUT2D eigenvalue weighted by Crippen LogP contribution is -2.46. The van der Waals surface area contributed by atoms with Crippen molar-refractivity contribution in [3.63, 3.8) is 0 Å². The smallest absolute Gasteiger partial charge is 0.241 e. The van der Waals surface area contributed by atoms with Gasteiger partial charge < -0.3 is 15.7 Å². The molecule has 1 aromatic carbocycles. The fraction of sp³-hybridized carbons (Fsp3) is 0.462. The quantitative estimate of drug-likeness (QED) is 0.523. The van der Waals surface area contributed by atoms with Gasteiger partial charge in [0.1, 0.15) is 5.75 Å². The van der Waals surface area contributed by atoms with Crippen LogP contribution in [0.1, 0.15) is 20.8 Å². The molecule has 0 spiro atoms. The summed E-state index contributed by atoms with van der Waals surface area (Å²) in [5, 5.41) is 9.32. The Morgan fingerprint density at radius 3 is 2.43 bits per heavy atom. The summed E-state index contributed by atoms with van der Waals surface area (Å²) in [7, 11) is -3.88. The number of amides is 1. The lowest BCUT2D eigenvalue weighted by Gasteiger charge is -2.23. The number of likely N-dealkylation sites (N-methyl/N-ethyl adjacent to an activating group) is 1. The first-order chi connectivity index (χ1) is 9.72. The number of nitrogens with zero attached hydrogens (tertiary/aromatic N) is 1. The van der Waals surface area contributed by atoms with E-state index in [1.54, 1.807) is 4.90 Å². The second kappa shape index (κ2) is 6.77. The molecule has 0 bridgehead atoms. The first kappa shape index (κ1) is 17.3. The molecular formula is C13H21N3O4S. The molecule has 0 saturated carbocycles. The Bertz CT molecular complexity index is 612. The summed E-state index contributed by atoms with van der Waals surface area (Å²) in [6.45, 7) is 6.15. The van der Waals surface area contributed by atoms with Crippen LogP contribution in [0.25, 0.3) is 0 Å². The number of nitrogens with two attached hydrogens (primary N) is 1. The van der Waals surface area contributed by atoms with E-state index >= 15 is 0 Å². The minimum Gasteiger partial charge on any atom is -0.506 e. The van der Waals surface area contributed by atoms with Gasteiger partial charge in [0.15, 0.2) is 0 Å². The third-order valence-electron chi connectivity index (χ3n) is 3.09. The van der Waals surface area contributed by atoms with Crippen molar-refractivity contribution >= 4 is 21.6 Å². The first-order valence-electron chi connectivity index (χ1n) is 6.62. The molecule has 0 fully saturated rings. The van der Waals surface area contributed by atoms with Crippen LogP contribution in [-0.4, -0.2) is 43.5 Å². The third-order valence-corrected chi connectivity index (χ3v) is 4.63. The topological polar surface area (TPSA) is 113 Å². The van der Waals surface area contributed by atoms with Crippen molar-refractivity contribution in [2.24, 2.45) is 0 Å². The number of anilines is 1. The van der Waals surface area contributed by atoms with Gasteiger partial charge in [-0.05, 0) is 39.0 Å². The van der Waals surface area contributed by atoms with E-state index in [9.17, 15) is 18.3 Å². The van der Waals surface area contributed by atoms with Crippen LogP contribution in [0.3, 0.4) is 0 Å². The van der Waals surface area contributed by atoms with Gasteiger partial charge in [0.25, 0.3) is 0 Å². The maximum atomic E-state index is 12.2. The number of nitrogens with one attached hydrogen (secondary N) is 1. The lowest BCUT2D eigenvalue weighted by atomic mass is 10.3. The van der Waals surface area contributed by atoms with Crippen LogP contribution in [0.4, 0.5) is 5.69 Å². The molecule has 1 aromatic rings. The predicted molar refractivity (Wildman–Crippen MR) is 80.2 cm³/mol. The van der Waals surface area contributed by atoms with Crippen LogP contribution in [0, 0.1) is 0 Å². The summed E-state index contributed by atoms with van der Waals surface area (Å²) in [5.41, 5.74) is 5.44. The van der Waals surface area contributed by atoms with Crippen LogP contribution < -0.4 is 10.5 Å². The fourth-order valence-corrected chi connectivity index (χ4v) is 3.09. The highest BCUT2D eigenvalue weighted by Gasteiger charge is 2.25. The number of hydrogen-bond acceptors (Lipinski definition) is 5. The van der Waals surface area contributed by atoms with E-state index in [1.807, 2.05) is 13.8 Å². The zero-order chi connectivity index (χ0) is 16.2. The summed E-state index contributed by atoms with van der Waals surface area (Å²) in [5.74, 6) is -0.489. The van der Waals surface area contributed by atoms with E-state index in [4.69, 9.17) is 5.73 Å². The molecule has 4 N–H and O–H groups in total. The normalized spacial score (nSPS) is 12.9. The molecule has 1 rings (SSSR count). The van der Waals surface area contributed by atoms with Crippen LogP contribution >= 0.6 is 0 Å². The Labute approximate surface area is 124 Å². The number of sulfonamides is 1. The average molecular weight is 315 g/mol. The van der Waals surface area contributed by atoms with Gasteiger partial charge in [-0.1, -0.05) is 0 Å². The highest BCUT2D eigenvalue weighted by atomic mass is 32.2. The maximum Gasteiger partial charge on any atom is 0.241 e. The van der Waals surface area contributed by atoms with Gasteiger partial charge in [0.2, 0.25) is 15.9 Å². The number of carbonyl (C=O) groups excluding carboxylic acids is 1. The van der Waals surface area contributed by atoms with E-state index in [0.29, 0.717) is 13.1 Å². The lowest BCUT2D eigenvalue weighted by molar-refractivity contribution is -0.132. The molecule has 0 radical (unpaired) electrons. The summed E-state index contributed by atoms with van der Waals surface area (Å²) in [6.07, 6.45) is 0. The Morgan fingerprint density at radius 2 is 1.95 bits per heavy atom. The van der Waals surface area contributed by atoms with Gasteiger partial charge in [-0.15, -0.1) is 0 Å². The average Bonchev–Trinajstić information content (AvgIpc) is 2.42. The van der Waals surface area contributed by atoms with Gasteiger partial charge >= 0.3 is 0 Å². The molecule has 21 heavy (non-hydrogen) atoms. The molecule has 0 aliphatic rings. The summed E-state index contributed by atoms with van der Waals surface area (Å²) in [4.78, 5) is 13.5. The molecule has 8 heteroatoms. The Morgan fingerprint density at radius 1 is 1.38 bits per heavy atom. The molecule has 1 amide bonds. The van der Waals surface area contributed by atoms with Gasteiger partial charge in [-0.3, -0.25) is 4.79 Å². The van der Waals surface area contributed by atoms with Crippen molar-refractivity contribution in [2.75, 3.05) is 18.8 Å². The summed E-state index contributed by atoms with van der Waals surface area (Å²) in [6, 6.07) is 2.68. The zero-order valence-corrected chi connectivity index (χ0v) is 13.1. The molecule has 0 heterocycles. The third kappa shape index (κ3) is 4.08. The van der Waals surface area contributed by atoms with Crippen LogP contribution in [-0.2, 0) is 14.8 Å². The summed E-state index contributed by atoms with van der Waals surface area (Å²) < 4.78 is 26.7. The maximum absolute atomic E-state index is 12.2. The van der Waals surface area contributed by atoms with Crippen molar-refractivity contribution in [1.29, 1.82) is 0 Å². The van der Waals surface area contributed by atoms with Crippen LogP contribution in [0.2, 0.25) is 0 Å². The number of phenols is 1. The molecule has 0 aliphatic heterocycles. The largest absolute Gasteiger partial charge is 0.506 e. The standard InChI is InChI=1S/C13H21N3O4S/c1-4-16(5-2)13(18)9(3)15-21(19,20)10-6-7-12(17)11(14)8-10/h6-9,15,17H,4-5,14H2,1-3H3. The number of hydrogen-bond donors (Lipinski definition) is 3. The molecular weight excluding hydrogens is 294 g/mol. The Hall–Kier alpha value is -1.80. The van der Waals surface area contributed by atoms with Crippen molar-refractivity contribution in [3.8, 4) is 5.75 Å².